The fraction of sp³-hybridized carbons (Fsp3) is 0.310. The molecule has 1 aliphatic heterocycles. The molecule has 2 fully saturated rings. The van der Waals surface area contributed by atoms with E-state index in [-0.39, 0.29) is 24.7 Å². The third kappa shape index (κ3) is 4.42. The molecule has 0 unspecified atom stereocenters. The molecule has 2 saturated carbocycles. The quantitative estimate of drug-likeness (QED) is 0.331. The van der Waals surface area contributed by atoms with Crippen LogP contribution < -0.4 is 10.2 Å². The molecular formula is C29H25F2N5O2S. The number of hydrogen-bond donors (Lipinski definition) is 2. The van der Waals surface area contributed by atoms with Crippen LogP contribution in [0, 0.1) is 0 Å². The molecule has 0 radical (unpaired) electrons. The third-order valence-corrected chi connectivity index (χ3v) is 8.86. The van der Waals surface area contributed by atoms with Gasteiger partial charge in [-0.3, -0.25) is 14.7 Å². The number of aromatic amines is 1. The fourth-order valence-corrected chi connectivity index (χ4v) is 6.61. The maximum Gasteiger partial charge on any atom is 0.276 e. The Morgan fingerprint density at radius 2 is 1.90 bits per heavy atom. The van der Waals surface area contributed by atoms with Gasteiger partial charge in [0.1, 0.15) is 5.69 Å². The number of hydrogen-bond acceptors (Lipinski definition) is 5. The molecule has 3 aromatic heterocycles. The predicted octanol–water partition coefficient (Wildman–Crippen LogP) is 5.81. The molecule has 7 nitrogen and oxygen atoms in total. The van der Waals surface area contributed by atoms with E-state index in [1.165, 1.54) is 11.3 Å². The number of benzene rings is 1. The number of carbonyl (C=O) groups is 2. The molecule has 0 saturated heterocycles. The predicted molar refractivity (Wildman–Crippen MR) is 144 cm³/mol. The molecule has 3 aliphatic rings. The minimum absolute atomic E-state index is 0.195. The maximum absolute atomic E-state index is 13.8. The van der Waals surface area contributed by atoms with Gasteiger partial charge in [-0.25, -0.2) is 13.8 Å². The lowest BCUT2D eigenvalue weighted by molar-refractivity contribution is -0.0901. The summed E-state index contributed by atoms with van der Waals surface area (Å²) in [4.78, 5) is 34.5. The van der Waals surface area contributed by atoms with Gasteiger partial charge in [0.25, 0.3) is 17.7 Å². The molecule has 198 valence electrons. The fourth-order valence-electron chi connectivity index (χ4n) is 5.46. The number of fused-ring (bicyclic) bond motifs is 3. The number of H-pyrrole nitrogens is 1. The van der Waals surface area contributed by atoms with Crippen molar-refractivity contribution in [3.8, 4) is 21.7 Å². The van der Waals surface area contributed by atoms with E-state index >= 15 is 0 Å². The van der Waals surface area contributed by atoms with Crippen LogP contribution in [0.1, 0.15) is 63.0 Å². The van der Waals surface area contributed by atoms with Crippen molar-refractivity contribution in [1.82, 2.24) is 20.5 Å². The monoisotopic (exact) mass is 545 g/mol. The van der Waals surface area contributed by atoms with Crippen molar-refractivity contribution in [2.24, 2.45) is 0 Å². The summed E-state index contributed by atoms with van der Waals surface area (Å²) in [7, 11) is 0. The standard InChI is InChI=1S/C29H25F2N5O2S/c30-29(31)13-18(14-29)33-27(37)24-12-17-10-11-36(23-7-2-1-4-19(23)26(17)39-24)28(38)22-6-3-5-21(34-22)20-15-32-35-25(20)16-8-9-16/h1-7,12,15-16,18H,8-11,13-14H2,(H,32,35)(H,33,37). The van der Waals surface area contributed by atoms with Crippen LogP contribution in [0.5, 0.6) is 0 Å². The van der Waals surface area contributed by atoms with Gasteiger partial charge in [0.15, 0.2) is 0 Å². The SMILES string of the molecule is O=C(NC1CC(F)(F)C1)c1cc2c(s1)-c1ccccc1N(C(=O)c1cccc(-c3cn[nH]c3C3CC3)n1)CC2. The van der Waals surface area contributed by atoms with Gasteiger partial charge in [0, 0.05) is 53.0 Å². The van der Waals surface area contributed by atoms with E-state index in [1.807, 2.05) is 42.5 Å². The highest BCUT2D eigenvalue weighted by molar-refractivity contribution is 7.17. The first-order valence-corrected chi connectivity index (χ1v) is 13.9. The van der Waals surface area contributed by atoms with E-state index in [4.69, 9.17) is 4.98 Å². The Kier molecular flexibility index (Phi) is 5.62. The number of alkyl halides is 2. The van der Waals surface area contributed by atoms with Crippen LogP contribution in [0.2, 0.25) is 0 Å². The summed E-state index contributed by atoms with van der Waals surface area (Å²) in [6.07, 6.45) is 3.94. The molecule has 0 atom stereocenters. The minimum Gasteiger partial charge on any atom is -0.348 e. The molecular weight excluding hydrogens is 520 g/mol. The van der Waals surface area contributed by atoms with Crippen LogP contribution in [0.4, 0.5) is 14.5 Å². The van der Waals surface area contributed by atoms with E-state index in [0.29, 0.717) is 29.5 Å². The van der Waals surface area contributed by atoms with Gasteiger partial charge in [0.2, 0.25) is 0 Å². The average Bonchev–Trinajstić information content (AvgIpc) is 3.52. The number of rotatable bonds is 5. The lowest BCUT2D eigenvalue weighted by Gasteiger charge is -2.35. The summed E-state index contributed by atoms with van der Waals surface area (Å²) in [6.45, 7) is 0.417. The van der Waals surface area contributed by atoms with Gasteiger partial charge < -0.3 is 10.2 Å². The second-order valence-electron chi connectivity index (χ2n) is 10.5. The van der Waals surface area contributed by atoms with Crippen LogP contribution in [0.25, 0.3) is 21.7 Å². The van der Waals surface area contributed by atoms with Gasteiger partial charge >= 0.3 is 0 Å². The first-order valence-electron chi connectivity index (χ1n) is 13.1. The molecule has 0 spiro atoms. The van der Waals surface area contributed by atoms with Gasteiger partial charge in [-0.1, -0.05) is 24.3 Å². The Balaban J connectivity index is 1.17. The van der Waals surface area contributed by atoms with Crippen LogP contribution in [-0.4, -0.2) is 45.5 Å². The molecule has 7 rings (SSSR count). The number of pyridine rings is 1. The number of nitrogens with one attached hydrogen (secondary N) is 2. The molecule has 2 amide bonds. The summed E-state index contributed by atoms with van der Waals surface area (Å²) in [5, 5.41) is 10.0. The molecule has 2 N–H and O–H groups in total. The van der Waals surface area contributed by atoms with Crippen molar-refractivity contribution in [1.29, 1.82) is 0 Å². The molecule has 1 aromatic carbocycles. The summed E-state index contributed by atoms with van der Waals surface area (Å²) >= 11 is 1.33. The number of aromatic nitrogens is 3. The molecule has 0 bridgehead atoms. The molecule has 4 aromatic rings. The van der Waals surface area contributed by atoms with Crippen LogP contribution in [0.3, 0.4) is 0 Å². The van der Waals surface area contributed by atoms with Crippen molar-refractivity contribution < 1.29 is 18.4 Å². The van der Waals surface area contributed by atoms with Crippen LogP contribution in [-0.2, 0) is 6.42 Å². The van der Waals surface area contributed by atoms with Gasteiger partial charge in [-0.15, -0.1) is 11.3 Å². The van der Waals surface area contributed by atoms with Gasteiger partial charge in [-0.2, -0.15) is 5.10 Å². The molecule has 4 heterocycles. The van der Waals surface area contributed by atoms with Crippen molar-refractivity contribution in [2.75, 3.05) is 11.4 Å². The Bertz CT molecular complexity index is 1600. The van der Waals surface area contributed by atoms with Crippen molar-refractivity contribution in [3.05, 3.63) is 76.6 Å². The Labute approximate surface area is 227 Å². The Hall–Kier alpha value is -3.92. The first kappa shape index (κ1) is 24.1. The smallest absolute Gasteiger partial charge is 0.276 e. The van der Waals surface area contributed by atoms with E-state index in [9.17, 15) is 18.4 Å². The zero-order valence-electron chi connectivity index (χ0n) is 20.9. The zero-order valence-corrected chi connectivity index (χ0v) is 21.7. The maximum atomic E-state index is 13.8. The number of anilines is 1. The third-order valence-electron chi connectivity index (χ3n) is 7.65. The first-order chi connectivity index (χ1) is 18.9. The summed E-state index contributed by atoms with van der Waals surface area (Å²) in [6, 6.07) is 14.5. The second-order valence-corrected chi connectivity index (χ2v) is 11.6. The highest BCUT2D eigenvalue weighted by Crippen LogP contribution is 2.44. The average molecular weight is 546 g/mol. The van der Waals surface area contributed by atoms with Crippen LogP contribution >= 0.6 is 11.3 Å². The van der Waals surface area contributed by atoms with E-state index in [1.54, 1.807) is 17.2 Å². The highest BCUT2D eigenvalue weighted by Gasteiger charge is 2.46. The van der Waals surface area contributed by atoms with E-state index in [2.05, 4.69) is 15.5 Å². The number of carbonyl (C=O) groups excluding carboxylic acids is 2. The van der Waals surface area contributed by atoms with E-state index < -0.39 is 12.0 Å². The second kappa shape index (κ2) is 9.08. The molecule has 2 aliphatic carbocycles. The number of nitrogens with zero attached hydrogens (tertiary/aromatic N) is 3. The lowest BCUT2D eigenvalue weighted by atomic mass is 9.88. The summed E-state index contributed by atoms with van der Waals surface area (Å²) in [5.41, 5.74) is 5.65. The topological polar surface area (TPSA) is 91.0 Å². The lowest BCUT2D eigenvalue weighted by Crippen LogP contribution is -2.50. The molecule has 39 heavy (non-hydrogen) atoms. The zero-order chi connectivity index (χ0) is 26.7. The van der Waals surface area contributed by atoms with E-state index in [0.717, 1.165) is 51.5 Å². The number of amides is 2. The molecule has 10 heteroatoms. The van der Waals surface area contributed by atoms with Gasteiger partial charge in [0.05, 0.1) is 22.5 Å². The normalized spacial score (nSPS) is 18.1. The highest BCUT2D eigenvalue weighted by atomic mass is 32.1. The summed E-state index contributed by atoms with van der Waals surface area (Å²) in [5.74, 6) is -2.74. The van der Waals surface area contributed by atoms with Crippen molar-refractivity contribution in [3.63, 3.8) is 0 Å². The van der Waals surface area contributed by atoms with Crippen LogP contribution in [0.15, 0.2) is 54.7 Å². The Morgan fingerprint density at radius 3 is 2.69 bits per heavy atom. The number of thiophene rings is 1. The van der Waals surface area contributed by atoms with Gasteiger partial charge in [-0.05, 0) is 49.1 Å². The summed E-state index contributed by atoms with van der Waals surface area (Å²) < 4.78 is 26.4. The largest absolute Gasteiger partial charge is 0.348 e. The van der Waals surface area contributed by atoms with Crippen molar-refractivity contribution in [2.45, 2.75) is 50.0 Å². The number of halogens is 2. The minimum atomic E-state index is -2.69. The number of para-hydroxylation sites is 1. The van der Waals surface area contributed by atoms with Crippen molar-refractivity contribution >= 4 is 28.8 Å². The Morgan fingerprint density at radius 1 is 1.08 bits per heavy atom.